The van der Waals surface area contributed by atoms with E-state index in [1.165, 1.54) is 33.4 Å². The van der Waals surface area contributed by atoms with E-state index in [1.54, 1.807) is 6.92 Å². The molecule has 0 atom stereocenters. The summed E-state index contributed by atoms with van der Waals surface area (Å²) < 4.78 is 5.16. The van der Waals surface area contributed by atoms with Gasteiger partial charge < -0.3 is 4.74 Å². The Bertz CT molecular complexity index is 1070. The molecule has 0 saturated heterocycles. The second-order valence-corrected chi connectivity index (χ2v) is 8.01. The van der Waals surface area contributed by atoms with Crippen molar-refractivity contribution in [3.8, 4) is 22.3 Å². The third-order valence-corrected chi connectivity index (χ3v) is 5.28. The van der Waals surface area contributed by atoms with E-state index in [9.17, 15) is 4.79 Å². The second kappa shape index (κ2) is 10.6. The minimum absolute atomic E-state index is 0.309. The Morgan fingerprint density at radius 1 is 0.774 bits per heavy atom. The van der Waals surface area contributed by atoms with Crippen LogP contribution in [0.25, 0.3) is 27.8 Å². The van der Waals surface area contributed by atoms with Crippen molar-refractivity contribution in [2.75, 3.05) is 6.61 Å². The number of ether oxygens (including phenoxy) is 1. The van der Waals surface area contributed by atoms with Gasteiger partial charge in [0, 0.05) is 5.57 Å². The zero-order valence-electron chi connectivity index (χ0n) is 18.5. The van der Waals surface area contributed by atoms with Crippen LogP contribution >= 0.6 is 0 Å². The number of carbonyl (C=O) groups is 1. The first-order valence-corrected chi connectivity index (χ1v) is 10.7. The molecule has 158 valence electrons. The summed E-state index contributed by atoms with van der Waals surface area (Å²) in [6.07, 6.45) is 2.79. The van der Waals surface area contributed by atoms with Gasteiger partial charge >= 0.3 is 5.97 Å². The van der Waals surface area contributed by atoms with Crippen LogP contribution in [0.2, 0.25) is 0 Å². The van der Waals surface area contributed by atoms with Crippen LogP contribution < -0.4 is 0 Å². The fraction of sp³-hybridized carbons (Fsp3) is 0.207. The van der Waals surface area contributed by atoms with Gasteiger partial charge in [-0.15, -0.1) is 0 Å². The summed E-state index contributed by atoms with van der Waals surface area (Å²) in [5.74, 6) is -0.309. The second-order valence-electron chi connectivity index (χ2n) is 8.01. The number of benzene rings is 3. The molecule has 0 aliphatic heterocycles. The van der Waals surface area contributed by atoms with Crippen molar-refractivity contribution < 1.29 is 9.53 Å². The maximum absolute atomic E-state index is 11.4. The molecular weight excluding hydrogens is 380 g/mol. The van der Waals surface area contributed by atoms with Gasteiger partial charge in [-0.2, -0.15) is 0 Å². The lowest BCUT2D eigenvalue weighted by atomic mass is 9.96. The molecule has 0 aliphatic carbocycles. The van der Waals surface area contributed by atoms with Crippen LogP contribution in [0.4, 0.5) is 0 Å². The van der Waals surface area contributed by atoms with Crippen LogP contribution in [-0.4, -0.2) is 12.6 Å². The van der Waals surface area contributed by atoms with Gasteiger partial charge in [0.1, 0.15) is 0 Å². The van der Waals surface area contributed by atoms with Crippen LogP contribution in [0.3, 0.4) is 0 Å². The molecule has 0 bridgehead atoms. The predicted molar refractivity (Wildman–Crippen MR) is 131 cm³/mol. The number of hydrogen-bond donors (Lipinski definition) is 0. The molecule has 0 N–H and O–H groups in total. The Balaban J connectivity index is 1.62. The van der Waals surface area contributed by atoms with Crippen molar-refractivity contribution in [3.05, 3.63) is 103 Å². The molecule has 0 fully saturated rings. The number of hydrogen-bond acceptors (Lipinski definition) is 2. The minimum Gasteiger partial charge on any atom is -0.462 e. The lowest BCUT2D eigenvalue weighted by Crippen LogP contribution is -2.06. The lowest BCUT2D eigenvalue weighted by molar-refractivity contribution is -0.139. The third-order valence-electron chi connectivity index (χ3n) is 5.28. The molecular formula is C29H30O2. The van der Waals surface area contributed by atoms with Gasteiger partial charge in [-0.25, -0.2) is 4.79 Å². The molecule has 0 unspecified atom stereocenters. The summed E-state index contributed by atoms with van der Waals surface area (Å²) in [6.45, 7) is 11.8. The van der Waals surface area contributed by atoms with E-state index in [2.05, 4.69) is 86.0 Å². The molecule has 3 aromatic rings. The monoisotopic (exact) mass is 410 g/mol. The average Bonchev–Trinajstić information content (AvgIpc) is 2.79. The van der Waals surface area contributed by atoms with E-state index in [4.69, 9.17) is 4.74 Å². The van der Waals surface area contributed by atoms with E-state index in [0.29, 0.717) is 12.2 Å². The maximum atomic E-state index is 11.4. The molecule has 0 radical (unpaired) electrons. The Morgan fingerprint density at radius 2 is 1.39 bits per heavy atom. The Labute approximate surface area is 185 Å². The molecule has 2 heteroatoms. The fourth-order valence-corrected chi connectivity index (χ4v) is 3.45. The van der Waals surface area contributed by atoms with Gasteiger partial charge in [0.2, 0.25) is 0 Å². The van der Waals surface area contributed by atoms with Crippen LogP contribution in [0.5, 0.6) is 0 Å². The van der Waals surface area contributed by atoms with Crippen molar-refractivity contribution in [1.29, 1.82) is 0 Å². The third kappa shape index (κ3) is 6.29. The fourth-order valence-electron chi connectivity index (χ4n) is 3.45. The first-order valence-electron chi connectivity index (χ1n) is 10.7. The molecule has 0 aromatic heterocycles. The van der Waals surface area contributed by atoms with E-state index in [-0.39, 0.29) is 5.97 Å². The lowest BCUT2D eigenvalue weighted by Gasteiger charge is -2.09. The van der Waals surface area contributed by atoms with Gasteiger partial charge in [-0.05, 0) is 72.6 Å². The van der Waals surface area contributed by atoms with Crippen molar-refractivity contribution in [2.45, 2.75) is 33.1 Å². The number of aryl methyl sites for hydroxylation is 1. The zero-order chi connectivity index (χ0) is 22.2. The molecule has 2 nitrogen and oxygen atoms in total. The minimum atomic E-state index is -0.309. The quantitative estimate of drug-likeness (QED) is 0.207. The zero-order valence-corrected chi connectivity index (χ0v) is 18.5. The van der Waals surface area contributed by atoms with E-state index < -0.39 is 0 Å². The Morgan fingerprint density at radius 3 is 2.00 bits per heavy atom. The van der Waals surface area contributed by atoms with Crippen LogP contribution in [-0.2, 0) is 16.0 Å². The maximum Gasteiger partial charge on any atom is 0.333 e. The summed E-state index contributed by atoms with van der Waals surface area (Å²) in [7, 11) is 0. The number of esters is 1. The van der Waals surface area contributed by atoms with Gasteiger partial charge in [0.25, 0.3) is 0 Å². The predicted octanol–water partition coefficient (Wildman–Crippen LogP) is 7.50. The normalized spacial score (nSPS) is 10.5. The van der Waals surface area contributed by atoms with Gasteiger partial charge in [0.15, 0.2) is 0 Å². The Kier molecular flexibility index (Phi) is 7.61. The molecule has 31 heavy (non-hydrogen) atoms. The van der Waals surface area contributed by atoms with E-state index in [1.807, 2.05) is 6.92 Å². The first-order chi connectivity index (χ1) is 14.9. The number of unbranched alkanes of at least 4 members (excludes halogenated alkanes) is 1. The average molecular weight is 411 g/mol. The molecule has 3 aromatic carbocycles. The van der Waals surface area contributed by atoms with Crippen LogP contribution in [0.15, 0.2) is 91.5 Å². The number of carbonyl (C=O) groups excluding carboxylic acids is 1. The topological polar surface area (TPSA) is 26.3 Å². The summed E-state index contributed by atoms with van der Waals surface area (Å²) in [5, 5.41) is 0. The summed E-state index contributed by atoms with van der Waals surface area (Å²) in [6, 6.07) is 25.9. The molecule has 0 aliphatic rings. The summed E-state index contributed by atoms with van der Waals surface area (Å²) >= 11 is 0. The highest BCUT2D eigenvalue weighted by Gasteiger charge is 2.05. The number of rotatable bonds is 9. The van der Waals surface area contributed by atoms with Crippen molar-refractivity contribution in [1.82, 2.24) is 0 Å². The molecule has 0 spiro atoms. The van der Waals surface area contributed by atoms with Gasteiger partial charge in [-0.1, -0.05) is 85.5 Å². The Hall–Kier alpha value is -3.39. The van der Waals surface area contributed by atoms with Crippen molar-refractivity contribution in [2.24, 2.45) is 0 Å². The number of allylic oxidation sites excluding steroid dienone is 1. The molecule has 0 saturated carbocycles. The van der Waals surface area contributed by atoms with Gasteiger partial charge in [0.05, 0.1) is 6.61 Å². The largest absolute Gasteiger partial charge is 0.462 e. The molecule has 0 heterocycles. The highest BCUT2D eigenvalue weighted by Crippen LogP contribution is 2.27. The SMILES string of the molecule is C=C(C)C(=O)OCCCCc1cccc(-c2ccc(-c3cccc(C(=C)C)c3)cc2)c1. The van der Waals surface area contributed by atoms with E-state index in [0.717, 1.165) is 24.8 Å². The first kappa shape index (κ1) is 22.3. The molecule has 0 amide bonds. The molecule has 3 rings (SSSR count). The smallest absolute Gasteiger partial charge is 0.333 e. The van der Waals surface area contributed by atoms with Crippen molar-refractivity contribution >= 4 is 11.5 Å². The van der Waals surface area contributed by atoms with Crippen LogP contribution in [0, 0.1) is 0 Å². The highest BCUT2D eigenvalue weighted by molar-refractivity contribution is 5.86. The summed E-state index contributed by atoms with van der Waals surface area (Å²) in [5.41, 5.74) is 8.81. The highest BCUT2D eigenvalue weighted by atomic mass is 16.5. The standard InChI is InChI=1S/C29H30O2/c1-21(2)26-11-8-13-28(20-26)25-16-14-24(15-17-25)27-12-7-10-23(19-27)9-5-6-18-31-29(30)22(3)4/h7-8,10-17,19-20H,1,3,5-6,9,18H2,2,4H3. The van der Waals surface area contributed by atoms with Crippen molar-refractivity contribution in [3.63, 3.8) is 0 Å². The van der Waals surface area contributed by atoms with Crippen LogP contribution in [0.1, 0.15) is 37.8 Å². The van der Waals surface area contributed by atoms with E-state index >= 15 is 0 Å². The van der Waals surface area contributed by atoms with Gasteiger partial charge in [-0.3, -0.25) is 0 Å². The summed E-state index contributed by atoms with van der Waals surface area (Å²) in [4.78, 5) is 11.4.